The highest BCUT2D eigenvalue weighted by Crippen LogP contribution is 2.31. The van der Waals surface area contributed by atoms with Gasteiger partial charge in [-0.25, -0.2) is 17.8 Å². The topological polar surface area (TPSA) is 79.8 Å². The van der Waals surface area contributed by atoms with Gasteiger partial charge in [-0.2, -0.15) is 4.31 Å². The zero-order chi connectivity index (χ0) is 24.4. The summed E-state index contributed by atoms with van der Waals surface area (Å²) < 4.78 is 47.9. The van der Waals surface area contributed by atoms with Crippen molar-refractivity contribution in [1.82, 2.24) is 9.29 Å². The van der Waals surface area contributed by atoms with Crippen molar-refractivity contribution >= 4 is 42.6 Å². The average Bonchev–Trinajstić information content (AvgIpc) is 3.43. The fourth-order valence-corrected chi connectivity index (χ4v) is 7.11. The van der Waals surface area contributed by atoms with E-state index in [0.717, 1.165) is 38.5 Å². The molecule has 0 N–H and O–H groups in total. The van der Waals surface area contributed by atoms with E-state index >= 15 is 0 Å². The highest BCUT2D eigenvalue weighted by atomic mass is 32.2. The van der Waals surface area contributed by atoms with E-state index in [1.807, 2.05) is 0 Å². The van der Waals surface area contributed by atoms with E-state index in [1.165, 1.54) is 35.6 Å². The van der Waals surface area contributed by atoms with Crippen molar-refractivity contribution in [3.63, 3.8) is 0 Å². The van der Waals surface area contributed by atoms with E-state index in [1.54, 1.807) is 27.4 Å². The molecule has 0 radical (unpaired) electrons. The largest absolute Gasteiger partial charge is 0.376 e. The van der Waals surface area contributed by atoms with Crippen molar-refractivity contribution in [2.75, 3.05) is 31.1 Å². The number of aromatic nitrogens is 1. The molecule has 2 saturated heterocycles. The molecule has 1 atom stereocenters. The van der Waals surface area contributed by atoms with Crippen LogP contribution in [0.4, 0.5) is 9.52 Å². The van der Waals surface area contributed by atoms with Crippen molar-refractivity contribution in [1.29, 1.82) is 0 Å². The fraction of sp³-hybridized carbons (Fsp3) is 0.440. The number of carbonyl (C=O) groups is 1. The van der Waals surface area contributed by atoms with Crippen molar-refractivity contribution < 1.29 is 22.3 Å². The van der Waals surface area contributed by atoms with Crippen LogP contribution >= 0.6 is 11.3 Å². The lowest BCUT2D eigenvalue weighted by Gasteiger charge is -2.23. The first-order valence-electron chi connectivity index (χ1n) is 12.0. The minimum atomic E-state index is -3.60. The number of anilines is 1. The minimum Gasteiger partial charge on any atom is -0.376 e. The Morgan fingerprint density at radius 3 is 2.51 bits per heavy atom. The zero-order valence-corrected chi connectivity index (χ0v) is 21.0. The Morgan fingerprint density at radius 2 is 1.83 bits per heavy atom. The predicted octanol–water partition coefficient (Wildman–Crippen LogP) is 4.83. The molecule has 2 aliphatic heterocycles. The molecule has 0 aliphatic carbocycles. The number of nitrogens with zero attached hydrogens (tertiary/aromatic N) is 3. The molecule has 186 valence electrons. The first-order chi connectivity index (χ1) is 16.9. The number of hydrogen-bond donors (Lipinski definition) is 0. The van der Waals surface area contributed by atoms with E-state index in [0.29, 0.717) is 47.2 Å². The Balaban J connectivity index is 1.42. The van der Waals surface area contributed by atoms with Crippen molar-refractivity contribution in [3.05, 3.63) is 53.8 Å². The van der Waals surface area contributed by atoms with Gasteiger partial charge >= 0.3 is 0 Å². The smallest absolute Gasteiger partial charge is 0.260 e. The number of rotatable bonds is 6. The van der Waals surface area contributed by atoms with Crippen LogP contribution in [-0.4, -0.2) is 56.0 Å². The maximum Gasteiger partial charge on any atom is 0.260 e. The second-order valence-electron chi connectivity index (χ2n) is 9.00. The van der Waals surface area contributed by atoms with E-state index in [9.17, 15) is 17.6 Å². The number of hydrogen-bond acceptors (Lipinski definition) is 6. The Labute approximate surface area is 208 Å². The monoisotopic (exact) mass is 517 g/mol. The third kappa shape index (κ3) is 5.25. The molecule has 3 aromatic rings. The van der Waals surface area contributed by atoms with Gasteiger partial charge in [-0.05, 0) is 68.1 Å². The molecule has 5 rings (SSSR count). The van der Waals surface area contributed by atoms with Crippen molar-refractivity contribution in [3.8, 4) is 0 Å². The van der Waals surface area contributed by atoms with Crippen molar-refractivity contribution in [2.24, 2.45) is 0 Å². The van der Waals surface area contributed by atoms with Gasteiger partial charge in [-0.3, -0.25) is 9.69 Å². The summed E-state index contributed by atoms with van der Waals surface area (Å²) in [7, 11) is -3.60. The quantitative estimate of drug-likeness (QED) is 0.468. The van der Waals surface area contributed by atoms with Crippen LogP contribution in [0.5, 0.6) is 0 Å². The number of amides is 1. The fourth-order valence-electron chi connectivity index (χ4n) is 4.60. The number of benzene rings is 2. The number of thiazole rings is 1. The van der Waals surface area contributed by atoms with Gasteiger partial charge in [0.05, 0.1) is 27.8 Å². The molecule has 2 aromatic carbocycles. The van der Waals surface area contributed by atoms with E-state index in [-0.39, 0.29) is 22.7 Å². The van der Waals surface area contributed by atoms with Crippen LogP contribution in [0, 0.1) is 5.82 Å². The molecule has 0 bridgehead atoms. The highest BCUT2D eigenvalue weighted by molar-refractivity contribution is 7.89. The molecular weight excluding hydrogens is 489 g/mol. The van der Waals surface area contributed by atoms with Gasteiger partial charge in [0.2, 0.25) is 10.0 Å². The summed E-state index contributed by atoms with van der Waals surface area (Å²) in [4.78, 5) is 19.9. The second kappa shape index (κ2) is 10.3. The number of carbonyl (C=O) groups excluding carboxylic acids is 1. The lowest BCUT2D eigenvalue weighted by molar-refractivity contribution is 0.0917. The average molecular weight is 518 g/mol. The van der Waals surface area contributed by atoms with Gasteiger partial charge in [0.25, 0.3) is 5.91 Å². The summed E-state index contributed by atoms with van der Waals surface area (Å²) in [5.41, 5.74) is 0.985. The lowest BCUT2D eigenvalue weighted by Crippen LogP contribution is -2.37. The molecule has 1 aromatic heterocycles. The minimum absolute atomic E-state index is 0.106. The van der Waals surface area contributed by atoms with Crippen LogP contribution in [0.15, 0.2) is 47.4 Å². The molecule has 10 heteroatoms. The van der Waals surface area contributed by atoms with Gasteiger partial charge in [0.1, 0.15) is 5.82 Å². The predicted molar refractivity (Wildman–Crippen MR) is 134 cm³/mol. The summed E-state index contributed by atoms with van der Waals surface area (Å²) in [6.07, 6.45) is 5.47. The first-order valence-corrected chi connectivity index (χ1v) is 14.3. The summed E-state index contributed by atoms with van der Waals surface area (Å²) in [5.74, 6) is -0.648. The van der Waals surface area contributed by atoms with Crippen LogP contribution < -0.4 is 4.90 Å². The van der Waals surface area contributed by atoms with Crippen LogP contribution in [0.3, 0.4) is 0 Å². The highest BCUT2D eigenvalue weighted by Gasteiger charge is 2.29. The maximum absolute atomic E-state index is 13.7. The lowest BCUT2D eigenvalue weighted by atomic mass is 10.2. The molecule has 2 fully saturated rings. The molecule has 0 saturated carbocycles. The molecule has 35 heavy (non-hydrogen) atoms. The number of fused-ring (bicyclic) bond motifs is 1. The Bertz CT molecular complexity index is 1300. The summed E-state index contributed by atoms with van der Waals surface area (Å²) >= 11 is 1.25. The third-order valence-corrected chi connectivity index (χ3v) is 9.48. The van der Waals surface area contributed by atoms with Crippen LogP contribution in [0.1, 0.15) is 48.9 Å². The molecule has 2 aliphatic rings. The van der Waals surface area contributed by atoms with E-state index in [4.69, 9.17) is 4.74 Å². The van der Waals surface area contributed by atoms with Crippen LogP contribution in [-0.2, 0) is 14.8 Å². The van der Waals surface area contributed by atoms with Gasteiger partial charge in [-0.15, -0.1) is 0 Å². The third-order valence-electron chi connectivity index (χ3n) is 6.53. The first kappa shape index (κ1) is 24.3. The summed E-state index contributed by atoms with van der Waals surface area (Å²) in [6.45, 7) is 2.03. The van der Waals surface area contributed by atoms with Crippen molar-refractivity contribution in [2.45, 2.75) is 49.5 Å². The van der Waals surface area contributed by atoms with Gasteiger partial charge in [-0.1, -0.05) is 24.2 Å². The van der Waals surface area contributed by atoms with Crippen LogP contribution in [0.2, 0.25) is 0 Å². The number of ether oxygens (including phenoxy) is 1. The van der Waals surface area contributed by atoms with Gasteiger partial charge in [0, 0.05) is 25.3 Å². The van der Waals surface area contributed by atoms with Gasteiger partial charge < -0.3 is 4.74 Å². The molecule has 7 nitrogen and oxygen atoms in total. The Hall–Kier alpha value is -2.40. The summed E-state index contributed by atoms with van der Waals surface area (Å²) in [6, 6.07) is 10.5. The molecular formula is C25H28FN3O4S2. The number of halogens is 1. The molecule has 3 heterocycles. The SMILES string of the molecule is O=C(c1ccc(S(=O)(=O)N2CCCCCC2)cc1)N(CC1CCCO1)c1nc2ccc(F)cc2s1. The maximum atomic E-state index is 13.7. The van der Waals surface area contributed by atoms with E-state index < -0.39 is 10.0 Å². The Kier molecular flexibility index (Phi) is 7.15. The zero-order valence-electron chi connectivity index (χ0n) is 19.4. The second-order valence-corrected chi connectivity index (χ2v) is 11.9. The Morgan fingerprint density at radius 1 is 1.09 bits per heavy atom. The van der Waals surface area contributed by atoms with Crippen LogP contribution in [0.25, 0.3) is 10.2 Å². The standard InChI is InChI=1S/C25H28FN3O4S2/c26-19-9-12-22-23(16-19)34-25(27-22)29(17-20-6-5-15-33-20)24(30)18-7-10-21(11-8-18)35(31,32)28-13-3-1-2-4-14-28/h7-12,16,20H,1-6,13-15,17H2. The normalized spacial score (nSPS) is 19.6. The molecule has 1 amide bonds. The van der Waals surface area contributed by atoms with Gasteiger partial charge in [0.15, 0.2) is 5.13 Å². The summed E-state index contributed by atoms with van der Waals surface area (Å²) in [5, 5.41) is 0.465. The molecule has 0 spiro atoms. The molecule has 1 unspecified atom stereocenters. The number of sulfonamides is 1. The van der Waals surface area contributed by atoms with E-state index in [2.05, 4.69) is 4.98 Å².